The minimum absolute atomic E-state index is 0.0380. The summed E-state index contributed by atoms with van der Waals surface area (Å²) in [6.07, 6.45) is 4.91. The van der Waals surface area contributed by atoms with Gasteiger partial charge >= 0.3 is 0 Å². The van der Waals surface area contributed by atoms with Gasteiger partial charge in [0.2, 0.25) is 0 Å². The Labute approximate surface area is 114 Å². The molecule has 2 aliphatic carbocycles. The second kappa shape index (κ2) is 4.62. The molecule has 1 N–H and O–H groups in total. The number of hydrogen-bond donors (Lipinski definition) is 1. The van der Waals surface area contributed by atoms with Gasteiger partial charge in [-0.15, -0.1) is 0 Å². The molecule has 19 heavy (non-hydrogen) atoms. The van der Waals surface area contributed by atoms with E-state index in [2.05, 4.69) is 6.08 Å². The van der Waals surface area contributed by atoms with Gasteiger partial charge in [-0.05, 0) is 38.0 Å². The van der Waals surface area contributed by atoms with Gasteiger partial charge in [0.05, 0.1) is 11.8 Å². The molecular weight excluding hydrogens is 240 g/mol. The van der Waals surface area contributed by atoms with Crippen molar-refractivity contribution in [2.45, 2.75) is 40.5 Å². The van der Waals surface area contributed by atoms with Crippen molar-refractivity contribution >= 4 is 11.6 Å². The first-order chi connectivity index (χ1) is 8.75. The Morgan fingerprint density at radius 3 is 2.63 bits per heavy atom. The molecule has 0 saturated heterocycles. The van der Waals surface area contributed by atoms with Crippen LogP contribution in [-0.4, -0.2) is 16.7 Å². The number of Topliss-reactive ketones (excluding diaryl/α,β-unsaturated/α-hetero) is 1. The molecule has 2 aliphatic rings. The molecule has 3 nitrogen and oxygen atoms in total. The number of aliphatic hydroxyl groups is 1. The average Bonchev–Trinajstić information content (AvgIpc) is 2.24. The van der Waals surface area contributed by atoms with Gasteiger partial charge in [0.25, 0.3) is 0 Å². The summed E-state index contributed by atoms with van der Waals surface area (Å²) in [6, 6.07) is 0. The number of carbonyl (C=O) groups is 2. The predicted octanol–water partition coefficient (Wildman–Crippen LogP) is 3.21. The van der Waals surface area contributed by atoms with E-state index in [1.165, 1.54) is 11.6 Å². The van der Waals surface area contributed by atoms with Crippen LogP contribution < -0.4 is 0 Å². The molecule has 0 aliphatic heterocycles. The lowest BCUT2D eigenvalue weighted by Crippen LogP contribution is -2.52. The van der Waals surface area contributed by atoms with E-state index < -0.39 is 11.8 Å². The Kier molecular flexibility index (Phi) is 3.41. The molecular formula is C16H22O3. The number of carbonyl (C=O) groups excluding carboxylic acids is 2. The topological polar surface area (TPSA) is 54.4 Å². The zero-order chi connectivity index (χ0) is 14.4. The van der Waals surface area contributed by atoms with Gasteiger partial charge in [-0.1, -0.05) is 25.5 Å². The summed E-state index contributed by atoms with van der Waals surface area (Å²) >= 11 is 0. The second-order valence-electron chi connectivity index (χ2n) is 6.63. The molecule has 0 unspecified atom stereocenters. The van der Waals surface area contributed by atoms with E-state index in [-0.39, 0.29) is 28.7 Å². The van der Waals surface area contributed by atoms with E-state index in [9.17, 15) is 14.7 Å². The highest BCUT2D eigenvalue weighted by Gasteiger charge is 2.54. The van der Waals surface area contributed by atoms with Crippen molar-refractivity contribution in [3.63, 3.8) is 0 Å². The van der Waals surface area contributed by atoms with E-state index in [0.29, 0.717) is 6.42 Å². The Morgan fingerprint density at radius 1 is 1.42 bits per heavy atom. The maximum absolute atomic E-state index is 12.3. The largest absolute Gasteiger partial charge is 0.511 e. The lowest BCUT2D eigenvalue weighted by atomic mass is 9.54. The van der Waals surface area contributed by atoms with Crippen molar-refractivity contribution < 1.29 is 14.7 Å². The Hall–Kier alpha value is -1.38. The Balaban J connectivity index is 2.37. The summed E-state index contributed by atoms with van der Waals surface area (Å²) < 4.78 is 0. The number of fused-ring (bicyclic) bond motifs is 2. The molecule has 104 valence electrons. The summed E-state index contributed by atoms with van der Waals surface area (Å²) in [5.41, 5.74) is 0.900. The quantitative estimate of drug-likeness (QED) is 0.614. The number of ketones is 2. The molecule has 1 fully saturated rings. The molecule has 0 aromatic rings. The van der Waals surface area contributed by atoms with Crippen LogP contribution in [0.1, 0.15) is 40.5 Å². The van der Waals surface area contributed by atoms with Crippen LogP contribution in [0.2, 0.25) is 0 Å². The standard InChI is InChI=1S/C16H22O3/c1-9(2)5-6-10-7-11-12(17)8-13(18)14(15(11)19)16(10,3)4/h5,8,10-11,14,17H,6-7H2,1-4H3/t10-,11+,14+/m0/s1. The van der Waals surface area contributed by atoms with Gasteiger partial charge < -0.3 is 5.11 Å². The fourth-order valence-electron chi connectivity index (χ4n) is 3.39. The Bertz CT molecular complexity index is 478. The second-order valence-corrected chi connectivity index (χ2v) is 6.63. The van der Waals surface area contributed by atoms with Crippen molar-refractivity contribution in [2.24, 2.45) is 23.2 Å². The van der Waals surface area contributed by atoms with Crippen LogP contribution >= 0.6 is 0 Å². The number of hydrogen-bond acceptors (Lipinski definition) is 3. The van der Waals surface area contributed by atoms with Gasteiger partial charge in [0.15, 0.2) is 11.6 Å². The smallest absolute Gasteiger partial charge is 0.170 e. The average molecular weight is 262 g/mol. The van der Waals surface area contributed by atoms with E-state index in [1.807, 2.05) is 27.7 Å². The summed E-state index contributed by atoms with van der Waals surface area (Å²) in [6.45, 7) is 8.10. The molecule has 0 amide bonds. The van der Waals surface area contributed by atoms with Crippen LogP contribution in [0.5, 0.6) is 0 Å². The van der Waals surface area contributed by atoms with E-state index >= 15 is 0 Å². The van der Waals surface area contributed by atoms with Gasteiger partial charge in [-0.3, -0.25) is 9.59 Å². The van der Waals surface area contributed by atoms with Crippen molar-refractivity contribution in [1.29, 1.82) is 0 Å². The minimum atomic E-state index is -0.585. The molecule has 3 atom stereocenters. The first kappa shape index (κ1) is 14.0. The van der Waals surface area contributed by atoms with Gasteiger partial charge in [-0.25, -0.2) is 0 Å². The molecule has 0 spiro atoms. The van der Waals surface area contributed by atoms with Crippen LogP contribution in [0.4, 0.5) is 0 Å². The third-order valence-electron chi connectivity index (χ3n) is 4.69. The number of aliphatic hydroxyl groups excluding tert-OH is 1. The van der Waals surface area contributed by atoms with Crippen LogP contribution in [0.3, 0.4) is 0 Å². The van der Waals surface area contributed by atoms with Gasteiger partial charge in [0, 0.05) is 6.08 Å². The molecule has 2 rings (SSSR count). The molecule has 0 aromatic heterocycles. The SMILES string of the molecule is CC(C)=CC[C@H]1C[C@H]2C(=O)[C@@H](C(=O)C=C2O)C1(C)C. The lowest BCUT2D eigenvalue weighted by molar-refractivity contribution is -0.146. The fraction of sp³-hybridized carbons (Fsp3) is 0.625. The molecule has 3 heteroatoms. The molecule has 0 aromatic carbocycles. The maximum Gasteiger partial charge on any atom is 0.170 e. The van der Waals surface area contributed by atoms with Crippen LogP contribution in [-0.2, 0) is 9.59 Å². The fourth-order valence-corrected chi connectivity index (χ4v) is 3.39. The number of rotatable bonds is 2. The van der Waals surface area contributed by atoms with Crippen molar-refractivity contribution in [3.05, 3.63) is 23.5 Å². The molecule has 0 heterocycles. The van der Waals surface area contributed by atoms with Crippen molar-refractivity contribution in [1.82, 2.24) is 0 Å². The molecule has 2 bridgehead atoms. The monoisotopic (exact) mass is 262 g/mol. The van der Waals surface area contributed by atoms with Crippen LogP contribution in [0.25, 0.3) is 0 Å². The molecule has 0 radical (unpaired) electrons. The predicted molar refractivity (Wildman–Crippen MR) is 73.6 cm³/mol. The van der Waals surface area contributed by atoms with E-state index in [1.54, 1.807) is 0 Å². The van der Waals surface area contributed by atoms with Crippen molar-refractivity contribution in [2.75, 3.05) is 0 Å². The summed E-state index contributed by atoms with van der Waals surface area (Å²) in [4.78, 5) is 24.3. The maximum atomic E-state index is 12.3. The summed E-state index contributed by atoms with van der Waals surface area (Å²) in [7, 11) is 0. The highest BCUT2D eigenvalue weighted by molar-refractivity contribution is 6.13. The third-order valence-corrected chi connectivity index (χ3v) is 4.69. The highest BCUT2D eigenvalue weighted by Crippen LogP contribution is 2.50. The number of allylic oxidation sites excluding steroid dienone is 4. The van der Waals surface area contributed by atoms with Gasteiger partial charge in [-0.2, -0.15) is 0 Å². The van der Waals surface area contributed by atoms with E-state index in [0.717, 1.165) is 6.42 Å². The lowest BCUT2D eigenvalue weighted by Gasteiger charge is -2.47. The summed E-state index contributed by atoms with van der Waals surface area (Å²) in [5, 5.41) is 9.83. The zero-order valence-corrected chi connectivity index (χ0v) is 12.1. The van der Waals surface area contributed by atoms with Crippen molar-refractivity contribution in [3.8, 4) is 0 Å². The minimum Gasteiger partial charge on any atom is -0.511 e. The van der Waals surface area contributed by atoms with E-state index in [4.69, 9.17) is 0 Å². The third kappa shape index (κ3) is 2.26. The summed E-state index contributed by atoms with van der Waals surface area (Å²) in [5.74, 6) is -1.17. The normalized spacial score (nSPS) is 32.8. The van der Waals surface area contributed by atoms with Gasteiger partial charge in [0.1, 0.15) is 5.76 Å². The van der Waals surface area contributed by atoms with Crippen LogP contribution in [0, 0.1) is 23.2 Å². The first-order valence-corrected chi connectivity index (χ1v) is 6.86. The zero-order valence-electron chi connectivity index (χ0n) is 12.1. The first-order valence-electron chi connectivity index (χ1n) is 6.86. The Morgan fingerprint density at radius 2 is 2.05 bits per heavy atom. The van der Waals surface area contributed by atoms with Crippen LogP contribution in [0.15, 0.2) is 23.5 Å². The highest BCUT2D eigenvalue weighted by atomic mass is 16.3. The molecule has 1 saturated carbocycles.